The third-order valence-electron chi connectivity index (χ3n) is 4.46. The molecule has 0 bridgehead atoms. The molecule has 0 saturated carbocycles. The zero-order chi connectivity index (χ0) is 16.5. The average molecular weight is 337 g/mol. The molecule has 3 nitrogen and oxygen atoms in total. The van der Waals surface area contributed by atoms with Gasteiger partial charge >= 0.3 is 0 Å². The first-order chi connectivity index (χ1) is 11.7. The van der Waals surface area contributed by atoms with E-state index in [-0.39, 0.29) is 11.9 Å². The first-order valence-electron chi connectivity index (χ1n) is 8.18. The van der Waals surface area contributed by atoms with E-state index in [1.807, 2.05) is 43.0 Å². The lowest BCUT2D eigenvalue weighted by Gasteiger charge is -2.25. The third-order valence-corrected chi connectivity index (χ3v) is 5.58. The van der Waals surface area contributed by atoms with Crippen molar-refractivity contribution in [1.82, 2.24) is 5.32 Å². The number of fused-ring (bicyclic) bond motifs is 2. The van der Waals surface area contributed by atoms with Crippen LogP contribution in [0.2, 0.25) is 0 Å². The fourth-order valence-corrected chi connectivity index (χ4v) is 4.36. The van der Waals surface area contributed by atoms with E-state index in [9.17, 15) is 4.79 Å². The third kappa shape index (κ3) is 2.94. The summed E-state index contributed by atoms with van der Waals surface area (Å²) >= 11 is 1.86. The number of thioether (sulfide) groups is 1. The minimum atomic E-state index is 0.0463. The number of hydrogen-bond donors (Lipinski definition) is 1. The van der Waals surface area contributed by atoms with E-state index >= 15 is 0 Å². The van der Waals surface area contributed by atoms with E-state index in [1.165, 1.54) is 10.5 Å². The Morgan fingerprint density at radius 2 is 2.17 bits per heavy atom. The minimum Gasteiger partial charge on any atom is -0.464 e. The molecular formula is C20H19NO2S. The summed E-state index contributed by atoms with van der Waals surface area (Å²) in [6.07, 6.45) is 3.02. The fourth-order valence-electron chi connectivity index (χ4n) is 3.24. The Hall–Kier alpha value is -2.20. The van der Waals surface area contributed by atoms with Crippen molar-refractivity contribution in [1.29, 1.82) is 0 Å². The lowest BCUT2D eigenvalue weighted by Crippen LogP contribution is -2.31. The molecule has 4 heteroatoms. The van der Waals surface area contributed by atoms with Crippen molar-refractivity contribution in [2.45, 2.75) is 30.7 Å². The zero-order valence-electron chi connectivity index (χ0n) is 13.5. The standard InChI is InChI=1S/C20H19NO2S/c1-13-6-7-15-14(12-23-18(15)10-13)11-20(22)21-17-8-9-24-19-5-3-2-4-16(17)19/h2-7,10,12,17H,8-9,11H2,1H3,(H,21,22)/t17-/m1/s1. The summed E-state index contributed by atoms with van der Waals surface area (Å²) in [6, 6.07) is 14.5. The summed E-state index contributed by atoms with van der Waals surface area (Å²) in [4.78, 5) is 13.8. The lowest BCUT2D eigenvalue weighted by molar-refractivity contribution is -0.121. The van der Waals surface area contributed by atoms with Crippen LogP contribution in [0.5, 0.6) is 0 Å². The lowest BCUT2D eigenvalue weighted by atomic mass is 10.0. The van der Waals surface area contributed by atoms with Crippen molar-refractivity contribution in [2.24, 2.45) is 0 Å². The maximum atomic E-state index is 12.5. The maximum absolute atomic E-state index is 12.5. The Balaban J connectivity index is 1.51. The molecule has 1 aliphatic heterocycles. The quantitative estimate of drug-likeness (QED) is 0.757. The highest BCUT2D eigenvalue weighted by Crippen LogP contribution is 2.35. The molecule has 0 unspecified atom stereocenters. The second-order valence-electron chi connectivity index (χ2n) is 6.23. The highest BCUT2D eigenvalue weighted by atomic mass is 32.2. The summed E-state index contributed by atoms with van der Waals surface area (Å²) < 4.78 is 5.59. The van der Waals surface area contributed by atoms with Crippen molar-refractivity contribution < 1.29 is 9.21 Å². The van der Waals surface area contributed by atoms with E-state index in [1.54, 1.807) is 6.26 Å². The molecule has 24 heavy (non-hydrogen) atoms. The van der Waals surface area contributed by atoms with E-state index in [2.05, 4.69) is 23.5 Å². The first kappa shape index (κ1) is 15.3. The van der Waals surface area contributed by atoms with Crippen molar-refractivity contribution >= 4 is 28.6 Å². The minimum absolute atomic E-state index is 0.0463. The number of carbonyl (C=O) groups is 1. The summed E-state index contributed by atoms with van der Waals surface area (Å²) in [6.45, 7) is 2.03. The maximum Gasteiger partial charge on any atom is 0.225 e. The second-order valence-corrected chi connectivity index (χ2v) is 7.37. The van der Waals surface area contributed by atoms with Gasteiger partial charge in [-0.3, -0.25) is 4.79 Å². The van der Waals surface area contributed by atoms with E-state index in [4.69, 9.17) is 4.42 Å². The van der Waals surface area contributed by atoms with Gasteiger partial charge in [-0.15, -0.1) is 11.8 Å². The Bertz CT molecular complexity index is 900. The van der Waals surface area contributed by atoms with Gasteiger partial charge in [0, 0.05) is 21.6 Å². The molecule has 2 heterocycles. The smallest absolute Gasteiger partial charge is 0.225 e. The van der Waals surface area contributed by atoms with Crippen molar-refractivity contribution in [3.8, 4) is 0 Å². The molecule has 122 valence electrons. The highest BCUT2D eigenvalue weighted by Gasteiger charge is 2.22. The van der Waals surface area contributed by atoms with Gasteiger partial charge in [-0.2, -0.15) is 0 Å². The Kier molecular flexibility index (Phi) is 4.07. The van der Waals surface area contributed by atoms with Gasteiger partial charge in [-0.05, 0) is 36.6 Å². The van der Waals surface area contributed by atoms with Crippen LogP contribution in [0.25, 0.3) is 11.0 Å². The molecule has 1 amide bonds. The molecule has 1 N–H and O–H groups in total. The molecule has 3 aromatic rings. The summed E-state index contributed by atoms with van der Waals surface area (Å²) in [7, 11) is 0. The van der Waals surface area contributed by atoms with Gasteiger partial charge in [0.25, 0.3) is 0 Å². The summed E-state index contributed by atoms with van der Waals surface area (Å²) in [5.74, 6) is 1.08. The second kappa shape index (κ2) is 6.36. The number of aryl methyl sites for hydroxylation is 1. The van der Waals surface area contributed by atoms with Crippen LogP contribution in [-0.4, -0.2) is 11.7 Å². The number of amides is 1. The Morgan fingerprint density at radius 1 is 1.29 bits per heavy atom. The SMILES string of the molecule is Cc1ccc2c(CC(=O)N[C@@H]3CCSc4ccccc43)coc2c1. The number of hydrogen-bond acceptors (Lipinski definition) is 3. The van der Waals surface area contributed by atoms with Crippen LogP contribution >= 0.6 is 11.8 Å². The molecule has 1 aliphatic rings. The van der Waals surface area contributed by atoms with Crippen molar-refractivity contribution in [3.63, 3.8) is 0 Å². The van der Waals surface area contributed by atoms with Gasteiger partial charge in [0.1, 0.15) is 5.58 Å². The van der Waals surface area contributed by atoms with Crippen LogP contribution in [0.15, 0.2) is 58.0 Å². The Morgan fingerprint density at radius 3 is 3.08 bits per heavy atom. The van der Waals surface area contributed by atoms with Gasteiger partial charge < -0.3 is 9.73 Å². The summed E-state index contributed by atoms with van der Waals surface area (Å²) in [5, 5.41) is 4.22. The highest BCUT2D eigenvalue weighted by molar-refractivity contribution is 7.99. The predicted octanol–water partition coefficient (Wildman–Crippen LogP) is 4.64. The van der Waals surface area contributed by atoms with Gasteiger partial charge in [0.05, 0.1) is 18.7 Å². The predicted molar refractivity (Wildman–Crippen MR) is 97.3 cm³/mol. The first-order valence-corrected chi connectivity index (χ1v) is 9.17. The van der Waals surface area contributed by atoms with Crippen molar-refractivity contribution in [3.05, 3.63) is 65.4 Å². The molecule has 1 atom stereocenters. The van der Waals surface area contributed by atoms with Crippen LogP contribution in [0.4, 0.5) is 0 Å². The molecule has 0 saturated heterocycles. The van der Waals surface area contributed by atoms with Gasteiger partial charge in [-0.1, -0.05) is 30.3 Å². The number of rotatable bonds is 3. The van der Waals surface area contributed by atoms with Crippen LogP contribution in [0.1, 0.15) is 29.2 Å². The van der Waals surface area contributed by atoms with E-state index in [0.717, 1.165) is 34.3 Å². The molecular weight excluding hydrogens is 318 g/mol. The molecule has 2 aromatic carbocycles. The number of benzene rings is 2. The molecule has 0 aliphatic carbocycles. The van der Waals surface area contributed by atoms with E-state index < -0.39 is 0 Å². The normalized spacial score (nSPS) is 16.8. The molecule has 4 rings (SSSR count). The van der Waals surface area contributed by atoms with Gasteiger partial charge in [0.15, 0.2) is 0 Å². The fraction of sp³-hybridized carbons (Fsp3) is 0.250. The van der Waals surface area contributed by atoms with Crippen LogP contribution < -0.4 is 5.32 Å². The monoisotopic (exact) mass is 337 g/mol. The number of furan rings is 1. The number of nitrogens with one attached hydrogen (secondary N) is 1. The van der Waals surface area contributed by atoms with E-state index in [0.29, 0.717) is 6.42 Å². The Labute approximate surface area is 145 Å². The molecule has 0 radical (unpaired) electrons. The van der Waals surface area contributed by atoms with Gasteiger partial charge in [-0.25, -0.2) is 0 Å². The zero-order valence-corrected chi connectivity index (χ0v) is 14.4. The van der Waals surface area contributed by atoms with Crippen LogP contribution in [0, 0.1) is 6.92 Å². The van der Waals surface area contributed by atoms with Gasteiger partial charge in [0.2, 0.25) is 5.91 Å². The summed E-state index contributed by atoms with van der Waals surface area (Å²) in [5.41, 5.74) is 4.18. The largest absolute Gasteiger partial charge is 0.464 e. The van der Waals surface area contributed by atoms with Crippen molar-refractivity contribution in [2.75, 3.05) is 5.75 Å². The molecule has 0 fully saturated rings. The van der Waals surface area contributed by atoms with Crippen LogP contribution in [-0.2, 0) is 11.2 Å². The number of carbonyl (C=O) groups excluding carboxylic acids is 1. The average Bonchev–Trinajstić information content (AvgIpc) is 2.97. The topological polar surface area (TPSA) is 42.2 Å². The van der Waals surface area contributed by atoms with Crippen LogP contribution in [0.3, 0.4) is 0 Å². The molecule has 1 aromatic heterocycles. The molecule has 0 spiro atoms.